The van der Waals surface area contributed by atoms with Gasteiger partial charge in [0.15, 0.2) is 0 Å². The molecule has 124 valence electrons. The smallest absolute Gasteiger partial charge is 0.226 e. The third-order valence-corrected chi connectivity index (χ3v) is 5.27. The Morgan fingerprint density at radius 2 is 2.04 bits per heavy atom. The van der Waals surface area contributed by atoms with E-state index in [0.29, 0.717) is 19.6 Å². The van der Waals surface area contributed by atoms with Crippen molar-refractivity contribution in [2.24, 2.45) is 0 Å². The van der Waals surface area contributed by atoms with Gasteiger partial charge in [-0.3, -0.25) is 4.79 Å². The molecule has 3 aromatic rings. The lowest BCUT2D eigenvalue weighted by molar-refractivity contribution is -0.120. The minimum Gasteiger partial charge on any atom is -0.492 e. The number of aryl methyl sites for hydroxylation is 1. The van der Waals surface area contributed by atoms with Crippen molar-refractivity contribution in [3.63, 3.8) is 0 Å². The minimum atomic E-state index is -0.0365. The highest BCUT2D eigenvalue weighted by Crippen LogP contribution is 2.27. The Balaban J connectivity index is 1.40. The average Bonchev–Trinajstić information content (AvgIpc) is 3.24. The van der Waals surface area contributed by atoms with Crippen LogP contribution in [0.4, 0.5) is 0 Å². The number of hydrogen-bond donors (Lipinski definition) is 1. The van der Waals surface area contributed by atoms with Crippen LogP contribution in [0.3, 0.4) is 0 Å². The summed E-state index contributed by atoms with van der Waals surface area (Å²) in [5.41, 5.74) is 2.00. The Hall–Kier alpha value is -2.18. The molecule has 1 aromatic carbocycles. The summed E-state index contributed by atoms with van der Waals surface area (Å²) in [4.78, 5) is 17.6. The fourth-order valence-corrected chi connectivity index (χ4v) is 3.76. The van der Waals surface area contributed by atoms with Crippen LogP contribution in [-0.2, 0) is 11.2 Å². The summed E-state index contributed by atoms with van der Waals surface area (Å²) in [5.74, 6) is 0.778. The number of aromatic nitrogens is 1. The Morgan fingerprint density at radius 1 is 1.21 bits per heavy atom. The van der Waals surface area contributed by atoms with Gasteiger partial charge in [-0.25, -0.2) is 4.98 Å². The van der Waals surface area contributed by atoms with Crippen molar-refractivity contribution in [1.29, 1.82) is 0 Å². The maximum Gasteiger partial charge on any atom is 0.226 e. The molecule has 4 nitrogen and oxygen atoms in total. The highest BCUT2D eigenvalue weighted by molar-refractivity contribution is 7.20. The lowest BCUT2D eigenvalue weighted by Gasteiger charge is -2.07. The molecule has 0 atom stereocenters. The number of carbonyl (C=O) groups excluding carboxylic acids is 1. The monoisotopic (exact) mass is 358 g/mol. The van der Waals surface area contributed by atoms with Crippen LogP contribution in [-0.4, -0.2) is 24.0 Å². The Bertz CT molecular complexity index is 780. The second kappa shape index (κ2) is 8.08. The molecule has 2 heterocycles. The quantitative estimate of drug-likeness (QED) is 0.651. The maximum absolute atomic E-state index is 12.0. The van der Waals surface area contributed by atoms with E-state index in [1.54, 1.807) is 22.7 Å². The number of nitrogens with zero attached hydrogens (tertiary/aromatic N) is 1. The molecule has 3 rings (SSSR count). The molecule has 1 N–H and O–H groups in total. The number of thiazole rings is 1. The number of nitrogens with one attached hydrogen (secondary N) is 1. The highest BCUT2D eigenvalue weighted by Gasteiger charge is 2.09. The number of ether oxygens (including phenoxy) is 1. The van der Waals surface area contributed by atoms with E-state index >= 15 is 0 Å². The fraction of sp³-hybridized carbons (Fsp3) is 0.222. The highest BCUT2D eigenvalue weighted by atomic mass is 32.1. The van der Waals surface area contributed by atoms with Gasteiger partial charge >= 0.3 is 0 Å². The topological polar surface area (TPSA) is 51.2 Å². The SMILES string of the molecule is Cc1ccc(OCCNC(=O)Cc2csc(-c3cccs3)n2)cc1. The van der Waals surface area contributed by atoms with Crippen molar-refractivity contribution in [2.45, 2.75) is 13.3 Å². The molecule has 0 unspecified atom stereocenters. The Labute approximate surface area is 149 Å². The van der Waals surface area contributed by atoms with Gasteiger partial charge < -0.3 is 10.1 Å². The molecule has 0 spiro atoms. The van der Waals surface area contributed by atoms with Crippen LogP contribution >= 0.6 is 22.7 Å². The van der Waals surface area contributed by atoms with E-state index in [-0.39, 0.29) is 5.91 Å². The van der Waals surface area contributed by atoms with Crippen LogP contribution < -0.4 is 10.1 Å². The second-order valence-electron chi connectivity index (χ2n) is 5.31. The van der Waals surface area contributed by atoms with E-state index in [2.05, 4.69) is 10.3 Å². The van der Waals surface area contributed by atoms with Crippen molar-refractivity contribution in [1.82, 2.24) is 10.3 Å². The zero-order chi connectivity index (χ0) is 16.8. The van der Waals surface area contributed by atoms with Crippen LogP contribution in [0.1, 0.15) is 11.3 Å². The number of rotatable bonds is 7. The fourth-order valence-electron chi connectivity index (χ4n) is 2.12. The Kier molecular flexibility index (Phi) is 5.61. The number of benzene rings is 1. The van der Waals surface area contributed by atoms with Gasteiger partial charge in [0.1, 0.15) is 17.4 Å². The van der Waals surface area contributed by atoms with Gasteiger partial charge in [0.05, 0.1) is 23.5 Å². The van der Waals surface area contributed by atoms with Crippen LogP contribution in [0.25, 0.3) is 9.88 Å². The summed E-state index contributed by atoms with van der Waals surface area (Å²) in [6.45, 7) is 2.97. The third-order valence-electron chi connectivity index (χ3n) is 3.34. The number of thiophene rings is 1. The molecule has 0 aliphatic rings. The van der Waals surface area contributed by atoms with Crippen LogP contribution in [0.15, 0.2) is 47.2 Å². The molecule has 24 heavy (non-hydrogen) atoms. The standard InChI is InChI=1S/C18H18N2O2S2/c1-13-4-6-15(7-5-13)22-9-8-19-17(21)11-14-12-24-18(20-14)16-3-2-10-23-16/h2-7,10,12H,8-9,11H2,1H3,(H,19,21). The summed E-state index contributed by atoms with van der Waals surface area (Å²) >= 11 is 3.23. The van der Waals surface area contributed by atoms with Crippen molar-refractivity contribution < 1.29 is 9.53 Å². The first-order valence-corrected chi connectivity index (χ1v) is 9.41. The molecule has 2 aromatic heterocycles. The summed E-state index contributed by atoms with van der Waals surface area (Å²) in [5, 5.41) is 7.80. The van der Waals surface area contributed by atoms with Crippen LogP contribution in [0.2, 0.25) is 0 Å². The van der Waals surface area contributed by atoms with E-state index in [1.165, 1.54) is 5.56 Å². The van der Waals surface area contributed by atoms with E-state index in [9.17, 15) is 4.79 Å². The first-order chi connectivity index (χ1) is 11.7. The lowest BCUT2D eigenvalue weighted by atomic mass is 10.2. The molecule has 0 aliphatic heterocycles. The summed E-state index contributed by atoms with van der Waals surface area (Å²) in [6, 6.07) is 11.9. The second-order valence-corrected chi connectivity index (χ2v) is 7.12. The number of amides is 1. The molecular weight excluding hydrogens is 340 g/mol. The molecule has 0 saturated carbocycles. The molecule has 0 fully saturated rings. The predicted octanol–water partition coefficient (Wildman–Crippen LogP) is 3.92. The zero-order valence-corrected chi connectivity index (χ0v) is 15.0. The normalized spacial score (nSPS) is 10.5. The van der Waals surface area contributed by atoms with Gasteiger partial charge in [0, 0.05) is 5.38 Å². The summed E-state index contributed by atoms with van der Waals surface area (Å²) < 4.78 is 5.59. The molecule has 6 heteroatoms. The van der Waals surface area contributed by atoms with Gasteiger partial charge in [-0.2, -0.15) is 0 Å². The molecule has 0 bridgehead atoms. The average molecular weight is 358 g/mol. The molecule has 0 aliphatic carbocycles. The number of hydrogen-bond acceptors (Lipinski definition) is 5. The molecule has 0 radical (unpaired) electrons. The zero-order valence-electron chi connectivity index (χ0n) is 13.3. The van der Waals surface area contributed by atoms with Crippen molar-refractivity contribution in [2.75, 3.05) is 13.2 Å². The van der Waals surface area contributed by atoms with Gasteiger partial charge in [-0.1, -0.05) is 23.8 Å². The predicted molar refractivity (Wildman–Crippen MR) is 98.8 cm³/mol. The van der Waals surface area contributed by atoms with E-state index in [1.807, 2.05) is 54.1 Å². The van der Waals surface area contributed by atoms with E-state index in [0.717, 1.165) is 21.3 Å². The number of carbonyl (C=O) groups is 1. The first-order valence-electron chi connectivity index (χ1n) is 7.65. The van der Waals surface area contributed by atoms with E-state index in [4.69, 9.17) is 4.74 Å². The van der Waals surface area contributed by atoms with E-state index < -0.39 is 0 Å². The molecule has 0 saturated heterocycles. The van der Waals surface area contributed by atoms with Gasteiger partial charge in [-0.05, 0) is 30.5 Å². The largest absolute Gasteiger partial charge is 0.492 e. The molecular formula is C18H18N2O2S2. The minimum absolute atomic E-state index is 0.0365. The van der Waals surface area contributed by atoms with Gasteiger partial charge in [0.2, 0.25) is 5.91 Å². The first kappa shape index (κ1) is 16.7. The van der Waals surface area contributed by atoms with Crippen molar-refractivity contribution in [3.05, 3.63) is 58.4 Å². The van der Waals surface area contributed by atoms with Crippen LogP contribution in [0, 0.1) is 6.92 Å². The van der Waals surface area contributed by atoms with Crippen LogP contribution in [0.5, 0.6) is 5.75 Å². The maximum atomic E-state index is 12.0. The third kappa shape index (κ3) is 4.66. The lowest BCUT2D eigenvalue weighted by Crippen LogP contribution is -2.29. The van der Waals surface area contributed by atoms with Gasteiger partial charge in [-0.15, -0.1) is 22.7 Å². The Morgan fingerprint density at radius 3 is 2.79 bits per heavy atom. The molecule has 1 amide bonds. The summed E-state index contributed by atoms with van der Waals surface area (Å²) in [6.07, 6.45) is 0.298. The van der Waals surface area contributed by atoms with Gasteiger partial charge in [0.25, 0.3) is 0 Å². The van der Waals surface area contributed by atoms with Crippen molar-refractivity contribution >= 4 is 28.6 Å². The van der Waals surface area contributed by atoms with Crippen molar-refractivity contribution in [3.8, 4) is 15.6 Å². The summed E-state index contributed by atoms with van der Waals surface area (Å²) in [7, 11) is 0.